The van der Waals surface area contributed by atoms with Gasteiger partial charge in [-0.25, -0.2) is 0 Å². The van der Waals surface area contributed by atoms with Crippen molar-refractivity contribution >= 4 is 12.0 Å². The van der Waals surface area contributed by atoms with Crippen LogP contribution < -0.4 is 0 Å². The first-order valence-electron chi connectivity index (χ1n) is 6.96. The molecule has 3 nitrogen and oxygen atoms in total. The summed E-state index contributed by atoms with van der Waals surface area (Å²) in [7, 11) is 0. The minimum absolute atomic E-state index is 0.0439. The Labute approximate surface area is 125 Å². The van der Waals surface area contributed by atoms with Gasteiger partial charge in [0.2, 0.25) is 5.91 Å². The fraction of sp³-hybridized carbons (Fsp3) is 0.167. The number of hydrogen-bond acceptors (Lipinski definition) is 2. The molecule has 0 spiro atoms. The molecule has 3 heteroatoms. The van der Waals surface area contributed by atoms with E-state index in [1.807, 2.05) is 60.7 Å². The third-order valence-corrected chi connectivity index (χ3v) is 3.12. The smallest absolute Gasteiger partial charge is 0.246 e. The van der Waals surface area contributed by atoms with Gasteiger partial charge in [-0.3, -0.25) is 4.79 Å². The number of aliphatic hydroxyl groups is 1. The quantitative estimate of drug-likeness (QED) is 0.827. The molecular formula is C18H19NO2. The van der Waals surface area contributed by atoms with E-state index in [0.29, 0.717) is 13.1 Å². The number of carbonyl (C=O) groups is 1. The Bertz CT molecular complexity index is 579. The summed E-state index contributed by atoms with van der Waals surface area (Å²) in [6.45, 7) is 0.782. The molecule has 1 N–H and O–H groups in total. The molecule has 0 fully saturated rings. The first kappa shape index (κ1) is 15.0. The average molecular weight is 281 g/mol. The molecule has 0 saturated heterocycles. The predicted octanol–water partition coefficient (Wildman–Crippen LogP) is 2.72. The number of aliphatic hydroxyl groups excluding tert-OH is 1. The van der Waals surface area contributed by atoms with Crippen LogP contribution in [-0.4, -0.2) is 29.1 Å². The fourth-order valence-corrected chi connectivity index (χ4v) is 2.03. The molecule has 0 bridgehead atoms. The summed E-state index contributed by atoms with van der Waals surface area (Å²) >= 11 is 0. The molecule has 108 valence electrons. The molecule has 2 rings (SSSR count). The van der Waals surface area contributed by atoms with E-state index in [-0.39, 0.29) is 12.5 Å². The van der Waals surface area contributed by atoms with E-state index >= 15 is 0 Å². The van der Waals surface area contributed by atoms with Crippen LogP contribution in [0.3, 0.4) is 0 Å². The molecule has 0 aliphatic heterocycles. The number of rotatable bonds is 6. The van der Waals surface area contributed by atoms with Gasteiger partial charge in [0.15, 0.2) is 0 Å². The highest BCUT2D eigenvalue weighted by atomic mass is 16.3. The van der Waals surface area contributed by atoms with Gasteiger partial charge in [-0.1, -0.05) is 60.7 Å². The van der Waals surface area contributed by atoms with Crippen LogP contribution in [0.4, 0.5) is 0 Å². The second-order valence-electron chi connectivity index (χ2n) is 4.71. The molecule has 0 aliphatic rings. The van der Waals surface area contributed by atoms with E-state index in [2.05, 4.69) is 0 Å². The number of amides is 1. The molecule has 2 aromatic carbocycles. The van der Waals surface area contributed by atoms with Crippen LogP contribution in [0.2, 0.25) is 0 Å². The average Bonchev–Trinajstić information content (AvgIpc) is 2.54. The molecule has 21 heavy (non-hydrogen) atoms. The lowest BCUT2D eigenvalue weighted by molar-refractivity contribution is -0.127. The minimum atomic E-state index is -0.100. The largest absolute Gasteiger partial charge is 0.395 e. The summed E-state index contributed by atoms with van der Waals surface area (Å²) in [5.74, 6) is -0.100. The van der Waals surface area contributed by atoms with Crippen LogP contribution >= 0.6 is 0 Å². The molecule has 0 unspecified atom stereocenters. The highest BCUT2D eigenvalue weighted by Gasteiger charge is 2.10. The Morgan fingerprint density at radius 3 is 2.24 bits per heavy atom. The normalized spacial score (nSPS) is 10.7. The van der Waals surface area contributed by atoms with Gasteiger partial charge in [-0.2, -0.15) is 0 Å². The van der Waals surface area contributed by atoms with Crippen molar-refractivity contribution in [2.45, 2.75) is 6.54 Å². The van der Waals surface area contributed by atoms with Gasteiger partial charge >= 0.3 is 0 Å². The summed E-state index contributed by atoms with van der Waals surface area (Å²) in [4.78, 5) is 13.9. The summed E-state index contributed by atoms with van der Waals surface area (Å²) in [5.41, 5.74) is 2.03. The van der Waals surface area contributed by atoms with Gasteiger partial charge in [0.25, 0.3) is 0 Å². The molecule has 0 aromatic heterocycles. The Morgan fingerprint density at radius 1 is 1.00 bits per heavy atom. The summed E-state index contributed by atoms with van der Waals surface area (Å²) in [6, 6.07) is 19.4. The summed E-state index contributed by atoms with van der Waals surface area (Å²) < 4.78 is 0. The van der Waals surface area contributed by atoms with Crippen molar-refractivity contribution in [3.8, 4) is 0 Å². The van der Waals surface area contributed by atoms with Crippen LogP contribution in [0.1, 0.15) is 11.1 Å². The molecular weight excluding hydrogens is 262 g/mol. The number of nitrogens with zero attached hydrogens (tertiary/aromatic N) is 1. The Kier molecular flexibility index (Phi) is 5.73. The van der Waals surface area contributed by atoms with Crippen molar-refractivity contribution in [2.24, 2.45) is 0 Å². The monoisotopic (exact) mass is 281 g/mol. The van der Waals surface area contributed by atoms with E-state index in [9.17, 15) is 4.79 Å². The maximum atomic E-state index is 12.2. The van der Waals surface area contributed by atoms with Crippen molar-refractivity contribution in [3.63, 3.8) is 0 Å². The van der Waals surface area contributed by atoms with E-state index in [1.165, 1.54) is 0 Å². The SMILES string of the molecule is O=C(/C=C/c1ccccc1)N(CCO)Cc1ccccc1. The van der Waals surface area contributed by atoms with E-state index < -0.39 is 0 Å². The minimum Gasteiger partial charge on any atom is -0.395 e. The first-order valence-corrected chi connectivity index (χ1v) is 6.96. The molecule has 0 aliphatic carbocycles. The van der Waals surface area contributed by atoms with Crippen LogP contribution in [0, 0.1) is 0 Å². The van der Waals surface area contributed by atoms with Gasteiger partial charge in [0.05, 0.1) is 6.61 Å². The molecule has 2 aromatic rings. The van der Waals surface area contributed by atoms with E-state index in [4.69, 9.17) is 5.11 Å². The molecule has 0 heterocycles. The summed E-state index contributed by atoms with van der Waals surface area (Å²) in [5, 5.41) is 9.13. The number of hydrogen-bond donors (Lipinski definition) is 1. The second kappa shape index (κ2) is 8.02. The Balaban J connectivity index is 2.03. The van der Waals surface area contributed by atoms with E-state index in [1.54, 1.807) is 17.1 Å². The van der Waals surface area contributed by atoms with Crippen LogP contribution in [0.25, 0.3) is 6.08 Å². The Hall–Kier alpha value is -2.39. The van der Waals surface area contributed by atoms with Crippen molar-refractivity contribution in [1.29, 1.82) is 0 Å². The standard InChI is InChI=1S/C18H19NO2/c20-14-13-19(15-17-9-5-2-6-10-17)18(21)12-11-16-7-3-1-4-8-16/h1-12,20H,13-15H2/b12-11+. The zero-order valence-electron chi connectivity index (χ0n) is 11.9. The van der Waals surface area contributed by atoms with Crippen LogP contribution in [0.5, 0.6) is 0 Å². The van der Waals surface area contributed by atoms with Gasteiger partial charge < -0.3 is 10.0 Å². The zero-order chi connectivity index (χ0) is 14.9. The van der Waals surface area contributed by atoms with Crippen molar-refractivity contribution in [3.05, 3.63) is 77.9 Å². The number of benzene rings is 2. The molecule has 0 radical (unpaired) electrons. The van der Waals surface area contributed by atoms with Gasteiger partial charge in [-0.15, -0.1) is 0 Å². The third-order valence-electron chi connectivity index (χ3n) is 3.12. The molecule has 1 amide bonds. The van der Waals surface area contributed by atoms with Crippen LogP contribution in [-0.2, 0) is 11.3 Å². The highest BCUT2D eigenvalue weighted by Crippen LogP contribution is 2.07. The lowest BCUT2D eigenvalue weighted by Crippen LogP contribution is -2.31. The van der Waals surface area contributed by atoms with Crippen molar-refractivity contribution in [1.82, 2.24) is 4.90 Å². The van der Waals surface area contributed by atoms with Crippen molar-refractivity contribution in [2.75, 3.05) is 13.2 Å². The zero-order valence-corrected chi connectivity index (χ0v) is 11.9. The first-order chi connectivity index (χ1) is 10.3. The maximum Gasteiger partial charge on any atom is 0.246 e. The highest BCUT2D eigenvalue weighted by molar-refractivity contribution is 5.91. The number of carbonyl (C=O) groups excluding carboxylic acids is 1. The topological polar surface area (TPSA) is 40.5 Å². The van der Waals surface area contributed by atoms with Gasteiger partial charge in [0.1, 0.15) is 0 Å². The molecule has 0 saturated carbocycles. The van der Waals surface area contributed by atoms with Gasteiger partial charge in [-0.05, 0) is 17.2 Å². The lowest BCUT2D eigenvalue weighted by atomic mass is 10.2. The van der Waals surface area contributed by atoms with Gasteiger partial charge in [0, 0.05) is 19.2 Å². The second-order valence-corrected chi connectivity index (χ2v) is 4.71. The molecule has 0 atom stereocenters. The maximum absolute atomic E-state index is 12.2. The predicted molar refractivity (Wildman–Crippen MR) is 84.4 cm³/mol. The third kappa shape index (κ3) is 4.89. The van der Waals surface area contributed by atoms with Crippen LogP contribution in [0.15, 0.2) is 66.7 Å². The van der Waals surface area contributed by atoms with E-state index in [0.717, 1.165) is 11.1 Å². The lowest BCUT2D eigenvalue weighted by Gasteiger charge is -2.20. The fourth-order valence-electron chi connectivity index (χ4n) is 2.03. The Morgan fingerprint density at radius 2 is 1.62 bits per heavy atom. The summed E-state index contributed by atoms with van der Waals surface area (Å²) in [6.07, 6.45) is 3.34. The van der Waals surface area contributed by atoms with Crippen molar-refractivity contribution < 1.29 is 9.90 Å².